The number of amides is 1. The second-order valence-electron chi connectivity index (χ2n) is 6.45. The molecule has 0 radical (unpaired) electrons. The van der Waals surface area contributed by atoms with Gasteiger partial charge in [0.05, 0.1) is 12.7 Å². The molecule has 0 fully saturated rings. The summed E-state index contributed by atoms with van der Waals surface area (Å²) in [5, 5.41) is 0. The number of rotatable bonds is 2. The highest BCUT2D eigenvalue weighted by Crippen LogP contribution is 2.26. The Morgan fingerprint density at radius 1 is 1.07 bits per heavy atom. The van der Waals surface area contributed by atoms with Crippen LogP contribution in [-0.2, 0) is 13.1 Å². The van der Waals surface area contributed by atoms with Crippen molar-refractivity contribution in [1.29, 1.82) is 0 Å². The Morgan fingerprint density at radius 3 is 2.71 bits per heavy atom. The first-order valence-corrected chi connectivity index (χ1v) is 8.82. The Bertz CT molecular complexity index is 1100. The summed E-state index contributed by atoms with van der Waals surface area (Å²) in [7, 11) is 1.56. The van der Waals surface area contributed by atoms with E-state index in [9.17, 15) is 9.18 Å². The summed E-state index contributed by atoms with van der Waals surface area (Å²) < 4.78 is 18.8. The van der Waals surface area contributed by atoms with E-state index in [1.165, 1.54) is 12.1 Å². The minimum atomic E-state index is -0.287. The molecule has 4 nitrogen and oxygen atoms in total. The number of nitrogens with zero attached hydrogens (tertiary/aromatic N) is 2. The van der Waals surface area contributed by atoms with Crippen molar-refractivity contribution in [2.75, 3.05) is 7.11 Å². The Hall–Kier alpha value is -3.65. The van der Waals surface area contributed by atoms with E-state index < -0.39 is 0 Å². The molecule has 0 aliphatic carbocycles. The molecule has 0 spiro atoms. The van der Waals surface area contributed by atoms with E-state index in [0.29, 0.717) is 35.7 Å². The summed E-state index contributed by atoms with van der Waals surface area (Å²) in [6.07, 6.45) is 1.68. The highest BCUT2D eigenvalue weighted by Gasteiger charge is 2.25. The molecule has 0 saturated heterocycles. The monoisotopic (exact) mass is 372 g/mol. The van der Waals surface area contributed by atoms with E-state index in [-0.39, 0.29) is 11.7 Å². The predicted octanol–water partition coefficient (Wildman–Crippen LogP) is 3.79. The minimum Gasteiger partial charge on any atom is -0.495 e. The number of ether oxygens (including phenoxy) is 1. The molecule has 0 atom stereocenters. The van der Waals surface area contributed by atoms with Crippen LogP contribution in [-0.4, -0.2) is 22.9 Å². The maximum Gasteiger partial charge on any atom is 0.254 e. The molecular weight excluding hydrogens is 355 g/mol. The van der Waals surface area contributed by atoms with Gasteiger partial charge in [-0.3, -0.25) is 4.79 Å². The van der Waals surface area contributed by atoms with Gasteiger partial charge in [0.2, 0.25) is 0 Å². The Kier molecular flexibility index (Phi) is 4.77. The molecule has 0 bridgehead atoms. The lowest BCUT2D eigenvalue weighted by Gasteiger charge is -2.16. The van der Waals surface area contributed by atoms with Crippen LogP contribution in [0.5, 0.6) is 5.75 Å². The number of carbonyl (C=O) groups excluding carboxylic acids is 1. The lowest BCUT2D eigenvalue weighted by molar-refractivity contribution is 0.0751. The highest BCUT2D eigenvalue weighted by molar-refractivity contribution is 5.95. The molecule has 1 aliphatic rings. The minimum absolute atomic E-state index is 0.125. The zero-order valence-electron chi connectivity index (χ0n) is 15.3. The summed E-state index contributed by atoms with van der Waals surface area (Å²) in [4.78, 5) is 18.8. The van der Waals surface area contributed by atoms with Gasteiger partial charge in [0.15, 0.2) is 0 Å². The normalized spacial score (nSPS) is 12.1. The fourth-order valence-corrected chi connectivity index (χ4v) is 3.20. The molecule has 2 aromatic carbocycles. The number of hydrogen-bond acceptors (Lipinski definition) is 3. The van der Waals surface area contributed by atoms with Gasteiger partial charge in [-0.15, -0.1) is 0 Å². The van der Waals surface area contributed by atoms with Gasteiger partial charge in [0.25, 0.3) is 5.91 Å². The van der Waals surface area contributed by atoms with Crippen molar-refractivity contribution in [3.63, 3.8) is 0 Å². The van der Waals surface area contributed by atoms with Crippen LogP contribution >= 0.6 is 0 Å². The molecular formula is C23H17FN2O2. The molecule has 1 amide bonds. The summed E-state index contributed by atoms with van der Waals surface area (Å²) in [6, 6.07) is 15.3. The van der Waals surface area contributed by atoms with Crippen LogP contribution in [0.15, 0.2) is 60.8 Å². The Labute approximate surface area is 162 Å². The molecule has 0 unspecified atom stereocenters. The van der Waals surface area contributed by atoms with Crippen LogP contribution < -0.4 is 4.74 Å². The number of carbonyl (C=O) groups is 1. The highest BCUT2D eigenvalue weighted by atomic mass is 19.1. The second-order valence-corrected chi connectivity index (χ2v) is 6.45. The number of hydrogen-bond donors (Lipinski definition) is 0. The first-order chi connectivity index (χ1) is 13.6. The molecule has 3 aromatic rings. The maximum atomic E-state index is 13.4. The van der Waals surface area contributed by atoms with Crippen LogP contribution in [0.2, 0.25) is 0 Å². The second kappa shape index (κ2) is 7.53. The van der Waals surface area contributed by atoms with Crippen LogP contribution in [0.3, 0.4) is 0 Å². The van der Waals surface area contributed by atoms with Gasteiger partial charge in [0, 0.05) is 24.8 Å². The lowest BCUT2D eigenvalue weighted by atomic mass is 10.1. The molecule has 1 aliphatic heterocycles. The number of fused-ring (bicyclic) bond motifs is 1. The van der Waals surface area contributed by atoms with Gasteiger partial charge in [-0.1, -0.05) is 18.1 Å². The van der Waals surface area contributed by atoms with E-state index in [4.69, 9.17) is 4.74 Å². The topological polar surface area (TPSA) is 42.4 Å². The van der Waals surface area contributed by atoms with E-state index in [1.54, 1.807) is 42.5 Å². The van der Waals surface area contributed by atoms with Crippen LogP contribution in [0, 0.1) is 17.7 Å². The zero-order valence-corrected chi connectivity index (χ0v) is 15.3. The van der Waals surface area contributed by atoms with Crippen molar-refractivity contribution >= 4 is 5.91 Å². The fraction of sp³-hybridized carbons (Fsp3) is 0.130. The van der Waals surface area contributed by atoms with E-state index in [2.05, 4.69) is 16.8 Å². The van der Waals surface area contributed by atoms with Crippen LogP contribution in [0.1, 0.15) is 32.7 Å². The predicted molar refractivity (Wildman–Crippen MR) is 103 cm³/mol. The third-order valence-corrected chi connectivity index (χ3v) is 4.61. The summed E-state index contributed by atoms with van der Waals surface area (Å²) >= 11 is 0. The van der Waals surface area contributed by atoms with Crippen LogP contribution in [0.25, 0.3) is 0 Å². The fourth-order valence-electron chi connectivity index (χ4n) is 3.20. The molecule has 28 heavy (non-hydrogen) atoms. The van der Waals surface area contributed by atoms with Gasteiger partial charge in [-0.05, 0) is 59.5 Å². The van der Waals surface area contributed by atoms with Gasteiger partial charge < -0.3 is 9.64 Å². The van der Waals surface area contributed by atoms with E-state index in [1.807, 2.05) is 18.2 Å². The number of pyridine rings is 1. The van der Waals surface area contributed by atoms with Crippen LogP contribution in [0.4, 0.5) is 4.39 Å². The molecule has 4 rings (SSSR count). The van der Waals surface area contributed by atoms with Crippen molar-refractivity contribution in [1.82, 2.24) is 9.88 Å². The zero-order chi connectivity index (χ0) is 19.5. The lowest BCUT2D eigenvalue weighted by Crippen LogP contribution is -2.25. The van der Waals surface area contributed by atoms with Crippen molar-refractivity contribution in [3.05, 3.63) is 94.6 Å². The molecule has 0 N–H and O–H groups in total. The average Bonchev–Trinajstić information content (AvgIpc) is 3.15. The van der Waals surface area contributed by atoms with Crippen molar-refractivity contribution in [2.24, 2.45) is 0 Å². The molecule has 2 heterocycles. The Morgan fingerprint density at radius 2 is 1.93 bits per heavy atom. The first-order valence-electron chi connectivity index (χ1n) is 8.82. The van der Waals surface area contributed by atoms with E-state index >= 15 is 0 Å². The van der Waals surface area contributed by atoms with E-state index in [0.717, 1.165) is 11.1 Å². The largest absolute Gasteiger partial charge is 0.495 e. The van der Waals surface area contributed by atoms with Crippen molar-refractivity contribution in [3.8, 4) is 17.6 Å². The summed E-state index contributed by atoms with van der Waals surface area (Å²) in [5.41, 5.74) is 3.58. The quantitative estimate of drug-likeness (QED) is 0.643. The summed E-state index contributed by atoms with van der Waals surface area (Å²) in [6.45, 7) is 0.863. The van der Waals surface area contributed by atoms with Gasteiger partial charge in [-0.25, -0.2) is 9.37 Å². The third kappa shape index (κ3) is 3.58. The maximum absolute atomic E-state index is 13.4. The molecule has 5 heteroatoms. The SMILES string of the molecule is COc1ccc(C(=O)N2Cc3ccc(F)cc3C2)cc1C#Cc1ccccn1. The van der Waals surface area contributed by atoms with Crippen molar-refractivity contribution < 1.29 is 13.9 Å². The third-order valence-electron chi connectivity index (χ3n) is 4.61. The van der Waals surface area contributed by atoms with Gasteiger partial charge in [-0.2, -0.15) is 0 Å². The number of methoxy groups -OCH3 is 1. The first kappa shape index (κ1) is 17.7. The summed E-state index contributed by atoms with van der Waals surface area (Å²) in [5.74, 6) is 6.19. The molecule has 0 saturated carbocycles. The molecule has 1 aromatic heterocycles. The number of aromatic nitrogens is 1. The number of halogens is 1. The average molecular weight is 372 g/mol. The van der Waals surface area contributed by atoms with Gasteiger partial charge >= 0.3 is 0 Å². The van der Waals surface area contributed by atoms with Gasteiger partial charge in [0.1, 0.15) is 17.3 Å². The molecule has 138 valence electrons. The number of benzene rings is 2. The Balaban J connectivity index is 1.60. The van der Waals surface area contributed by atoms with Crippen molar-refractivity contribution in [2.45, 2.75) is 13.1 Å². The smallest absolute Gasteiger partial charge is 0.254 e. The standard InChI is InChI=1S/C23H17FN2O2/c1-28-22-10-7-17(12-16(22)6-9-21-4-2-3-11-25-21)23(27)26-14-18-5-8-20(24)13-19(18)15-26/h2-5,7-8,10-13H,14-15H2,1H3.